The van der Waals surface area contributed by atoms with Crippen molar-refractivity contribution in [3.05, 3.63) is 0 Å². The SMILES string of the molecule is CCCNC1CCOCC1N1CCN(CC)CC1. The zero-order chi connectivity index (χ0) is 12.8. The van der Waals surface area contributed by atoms with Gasteiger partial charge in [-0.25, -0.2) is 0 Å². The van der Waals surface area contributed by atoms with Gasteiger partial charge in [0.2, 0.25) is 0 Å². The number of rotatable bonds is 5. The Morgan fingerprint density at radius 3 is 2.61 bits per heavy atom. The first kappa shape index (κ1) is 14.3. The first-order chi connectivity index (χ1) is 8.85. The number of ether oxygens (including phenoxy) is 1. The molecule has 0 saturated carbocycles. The molecule has 2 aliphatic heterocycles. The standard InChI is InChI=1S/C14H29N3O/c1-3-6-15-13-5-11-18-12-14(13)17-9-7-16(4-2)8-10-17/h13-15H,3-12H2,1-2H3. The van der Waals surface area contributed by atoms with Crippen LogP contribution in [0.3, 0.4) is 0 Å². The average Bonchev–Trinajstić information content (AvgIpc) is 2.45. The molecule has 106 valence electrons. The van der Waals surface area contributed by atoms with Crippen LogP contribution >= 0.6 is 0 Å². The van der Waals surface area contributed by atoms with E-state index in [9.17, 15) is 0 Å². The first-order valence-corrected chi connectivity index (χ1v) is 7.62. The number of likely N-dealkylation sites (N-methyl/N-ethyl adjacent to an activating group) is 1. The molecule has 0 spiro atoms. The number of hydrogen-bond donors (Lipinski definition) is 1. The van der Waals surface area contributed by atoms with E-state index in [1.807, 2.05) is 0 Å². The van der Waals surface area contributed by atoms with Crippen LogP contribution in [0.2, 0.25) is 0 Å². The average molecular weight is 255 g/mol. The molecule has 4 nitrogen and oxygen atoms in total. The summed E-state index contributed by atoms with van der Waals surface area (Å²) < 4.78 is 5.70. The van der Waals surface area contributed by atoms with Gasteiger partial charge >= 0.3 is 0 Å². The molecule has 2 saturated heterocycles. The Morgan fingerprint density at radius 2 is 1.94 bits per heavy atom. The predicted molar refractivity (Wildman–Crippen MR) is 75.0 cm³/mol. The second kappa shape index (κ2) is 7.43. The van der Waals surface area contributed by atoms with Gasteiger partial charge in [0.25, 0.3) is 0 Å². The van der Waals surface area contributed by atoms with Crippen LogP contribution in [0.5, 0.6) is 0 Å². The molecule has 0 radical (unpaired) electrons. The van der Waals surface area contributed by atoms with Crippen molar-refractivity contribution in [1.82, 2.24) is 15.1 Å². The fourth-order valence-electron chi connectivity index (χ4n) is 3.06. The zero-order valence-corrected chi connectivity index (χ0v) is 12.0. The van der Waals surface area contributed by atoms with Gasteiger partial charge in [0, 0.05) is 44.9 Å². The minimum atomic E-state index is 0.587. The highest BCUT2D eigenvalue weighted by molar-refractivity contribution is 4.89. The summed E-state index contributed by atoms with van der Waals surface area (Å²) in [7, 11) is 0. The maximum Gasteiger partial charge on any atom is 0.0637 e. The quantitative estimate of drug-likeness (QED) is 0.786. The predicted octanol–water partition coefficient (Wildman–Crippen LogP) is 0.781. The lowest BCUT2D eigenvalue weighted by Crippen LogP contribution is -2.60. The van der Waals surface area contributed by atoms with Crippen LogP contribution in [-0.2, 0) is 4.74 Å². The molecule has 2 aliphatic rings. The Balaban J connectivity index is 1.84. The van der Waals surface area contributed by atoms with Crippen LogP contribution in [0.25, 0.3) is 0 Å². The van der Waals surface area contributed by atoms with Crippen molar-refractivity contribution in [2.45, 2.75) is 38.8 Å². The summed E-state index contributed by atoms with van der Waals surface area (Å²) in [5, 5.41) is 3.71. The third kappa shape index (κ3) is 3.67. The van der Waals surface area contributed by atoms with E-state index < -0.39 is 0 Å². The van der Waals surface area contributed by atoms with Crippen molar-refractivity contribution in [3.8, 4) is 0 Å². The zero-order valence-electron chi connectivity index (χ0n) is 12.0. The monoisotopic (exact) mass is 255 g/mol. The highest BCUT2D eigenvalue weighted by atomic mass is 16.5. The van der Waals surface area contributed by atoms with Gasteiger partial charge < -0.3 is 15.0 Å². The lowest BCUT2D eigenvalue weighted by molar-refractivity contribution is -0.0194. The van der Waals surface area contributed by atoms with E-state index in [1.54, 1.807) is 0 Å². The van der Waals surface area contributed by atoms with E-state index in [0.29, 0.717) is 12.1 Å². The van der Waals surface area contributed by atoms with E-state index in [-0.39, 0.29) is 0 Å². The fraction of sp³-hybridized carbons (Fsp3) is 1.00. The van der Waals surface area contributed by atoms with Crippen LogP contribution in [0.1, 0.15) is 26.7 Å². The summed E-state index contributed by atoms with van der Waals surface area (Å²) in [6.45, 7) is 13.5. The molecular formula is C14H29N3O. The molecule has 2 fully saturated rings. The highest BCUT2D eigenvalue weighted by Crippen LogP contribution is 2.16. The molecule has 0 amide bonds. The Hall–Kier alpha value is -0.160. The van der Waals surface area contributed by atoms with E-state index >= 15 is 0 Å². The fourth-order valence-corrected chi connectivity index (χ4v) is 3.06. The third-order valence-electron chi connectivity index (χ3n) is 4.31. The smallest absolute Gasteiger partial charge is 0.0637 e. The molecule has 2 unspecified atom stereocenters. The molecule has 0 bridgehead atoms. The summed E-state index contributed by atoms with van der Waals surface area (Å²) in [5.74, 6) is 0. The minimum absolute atomic E-state index is 0.587. The van der Waals surface area contributed by atoms with Gasteiger partial charge in [0.1, 0.15) is 0 Å². The van der Waals surface area contributed by atoms with Crippen LogP contribution in [-0.4, -0.2) is 74.4 Å². The van der Waals surface area contributed by atoms with Gasteiger partial charge in [-0.2, -0.15) is 0 Å². The first-order valence-electron chi connectivity index (χ1n) is 7.62. The summed E-state index contributed by atoms with van der Waals surface area (Å²) in [6, 6.07) is 1.22. The molecule has 0 aromatic rings. The second-order valence-corrected chi connectivity index (χ2v) is 5.46. The van der Waals surface area contributed by atoms with Gasteiger partial charge in [-0.1, -0.05) is 13.8 Å². The molecule has 0 aliphatic carbocycles. The van der Waals surface area contributed by atoms with Crippen molar-refractivity contribution in [2.75, 3.05) is 52.5 Å². The number of piperazine rings is 1. The molecule has 0 aromatic heterocycles. The molecule has 2 rings (SSSR count). The molecule has 0 aromatic carbocycles. The highest BCUT2D eigenvalue weighted by Gasteiger charge is 2.31. The minimum Gasteiger partial charge on any atom is -0.380 e. The summed E-state index contributed by atoms with van der Waals surface area (Å²) in [5.41, 5.74) is 0. The number of hydrogen-bond acceptors (Lipinski definition) is 4. The molecule has 4 heteroatoms. The lowest BCUT2D eigenvalue weighted by atomic mass is 10.0. The molecule has 2 atom stereocenters. The van der Waals surface area contributed by atoms with Gasteiger partial charge in [0.15, 0.2) is 0 Å². The Morgan fingerprint density at radius 1 is 1.17 bits per heavy atom. The molecule has 1 N–H and O–H groups in total. The van der Waals surface area contributed by atoms with Gasteiger partial charge in [-0.15, -0.1) is 0 Å². The summed E-state index contributed by atoms with van der Waals surface area (Å²) in [6.07, 6.45) is 2.38. The van der Waals surface area contributed by atoms with Crippen molar-refractivity contribution in [2.24, 2.45) is 0 Å². The maximum atomic E-state index is 5.70. The summed E-state index contributed by atoms with van der Waals surface area (Å²) in [4.78, 5) is 5.17. The topological polar surface area (TPSA) is 27.7 Å². The van der Waals surface area contributed by atoms with Crippen molar-refractivity contribution >= 4 is 0 Å². The number of nitrogens with one attached hydrogen (secondary N) is 1. The molecule has 18 heavy (non-hydrogen) atoms. The molecular weight excluding hydrogens is 226 g/mol. The van der Waals surface area contributed by atoms with E-state index in [1.165, 1.54) is 45.6 Å². The Kier molecular flexibility index (Phi) is 5.89. The van der Waals surface area contributed by atoms with Crippen molar-refractivity contribution in [3.63, 3.8) is 0 Å². The van der Waals surface area contributed by atoms with E-state index in [2.05, 4.69) is 29.0 Å². The van der Waals surface area contributed by atoms with Crippen LogP contribution in [0.15, 0.2) is 0 Å². The van der Waals surface area contributed by atoms with E-state index in [4.69, 9.17) is 4.74 Å². The largest absolute Gasteiger partial charge is 0.380 e. The van der Waals surface area contributed by atoms with Crippen LogP contribution < -0.4 is 5.32 Å². The molecule has 2 heterocycles. The lowest BCUT2D eigenvalue weighted by Gasteiger charge is -2.44. The van der Waals surface area contributed by atoms with Gasteiger partial charge in [-0.3, -0.25) is 4.90 Å². The summed E-state index contributed by atoms with van der Waals surface area (Å²) >= 11 is 0. The maximum absolute atomic E-state index is 5.70. The van der Waals surface area contributed by atoms with Gasteiger partial charge in [-0.05, 0) is 25.9 Å². The third-order valence-corrected chi connectivity index (χ3v) is 4.31. The Bertz CT molecular complexity index is 229. The number of nitrogens with zero attached hydrogens (tertiary/aromatic N) is 2. The second-order valence-electron chi connectivity index (χ2n) is 5.46. The van der Waals surface area contributed by atoms with E-state index in [0.717, 1.165) is 19.8 Å². The van der Waals surface area contributed by atoms with Crippen LogP contribution in [0.4, 0.5) is 0 Å². The van der Waals surface area contributed by atoms with Crippen molar-refractivity contribution in [1.29, 1.82) is 0 Å². The van der Waals surface area contributed by atoms with Crippen LogP contribution in [0, 0.1) is 0 Å². The van der Waals surface area contributed by atoms with Crippen molar-refractivity contribution < 1.29 is 4.74 Å². The van der Waals surface area contributed by atoms with Gasteiger partial charge in [0.05, 0.1) is 6.61 Å². The Labute approximate surface area is 112 Å². The normalized spacial score (nSPS) is 31.7.